The van der Waals surface area contributed by atoms with Gasteiger partial charge in [-0.05, 0) is 24.6 Å². The number of hydrogen-bond acceptors (Lipinski definition) is 3. The van der Waals surface area contributed by atoms with E-state index in [4.69, 9.17) is 11.6 Å². The Morgan fingerprint density at radius 3 is 2.95 bits per heavy atom. The zero-order valence-corrected chi connectivity index (χ0v) is 12.5. The molecule has 1 amide bonds. The van der Waals surface area contributed by atoms with Gasteiger partial charge in [-0.25, -0.2) is 0 Å². The molecule has 0 aliphatic carbocycles. The number of aryl methyl sites for hydroxylation is 1. The van der Waals surface area contributed by atoms with Gasteiger partial charge < -0.3 is 4.90 Å². The van der Waals surface area contributed by atoms with Crippen LogP contribution in [0, 0.1) is 0 Å². The van der Waals surface area contributed by atoms with Crippen LogP contribution in [0.5, 0.6) is 0 Å². The summed E-state index contributed by atoms with van der Waals surface area (Å²) in [5.74, 6) is -0.0804. The molecular formula is C13H16ClN3OS. The SMILES string of the molecule is CCCc1cc(C(=O)N(C)Cc2ccc(Cl)s2)n[nH]1. The number of nitrogens with zero attached hydrogens (tertiary/aromatic N) is 2. The van der Waals surface area contributed by atoms with Crippen LogP contribution >= 0.6 is 22.9 Å². The Bertz CT molecular complexity index is 564. The average Bonchev–Trinajstić information content (AvgIpc) is 2.98. The number of nitrogens with one attached hydrogen (secondary N) is 1. The Balaban J connectivity index is 2.01. The van der Waals surface area contributed by atoms with Gasteiger partial charge in [-0.3, -0.25) is 9.89 Å². The van der Waals surface area contributed by atoms with Gasteiger partial charge in [0.25, 0.3) is 5.91 Å². The van der Waals surface area contributed by atoms with Gasteiger partial charge >= 0.3 is 0 Å². The van der Waals surface area contributed by atoms with Crippen molar-refractivity contribution in [2.75, 3.05) is 7.05 Å². The molecule has 2 aromatic rings. The van der Waals surface area contributed by atoms with Crippen LogP contribution in [0.4, 0.5) is 0 Å². The lowest BCUT2D eigenvalue weighted by Gasteiger charge is -2.14. The molecule has 0 aliphatic rings. The first-order valence-corrected chi connectivity index (χ1v) is 7.33. The lowest BCUT2D eigenvalue weighted by Crippen LogP contribution is -2.26. The molecule has 0 fully saturated rings. The summed E-state index contributed by atoms with van der Waals surface area (Å²) in [4.78, 5) is 14.9. The number of thiophene rings is 1. The summed E-state index contributed by atoms with van der Waals surface area (Å²) >= 11 is 7.36. The second kappa shape index (κ2) is 6.21. The maximum absolute atomic E-state index is 12.2. The van der Waals surface area contributed by atoms with Crippen LogP contribution in [0.3, 0.4) is 0 Å². The van der Waals surface area contributed by atoms with Gasteiger partial charge in [0.2, 0.25) is 0 Å². The summed E-state index contributed by atoms with van der Waals surface area (Å²) < 4.78 is 0.737. The summed E-state index contributed by atoms with van der Waals surface area (Å²) in [6.07, 6.45) is 1.93. The minimum Gasteiger partial charge on any atom is -0.335 e. The van der Waals surface area contributed by atoms with Crippen LogP contribution in [0.25, 0.3) is 0 Å². The minimum atomic E-state index is -0.0804. The monoisotopic (exact) mass is 297 g/mol. The maximum atomic E-state index is 12.2. The second-order valence-electron chi connectivity index (χ2n) is 4.40. The van der Waals surface area contributed by atoms with Crippen LogP contribution in [0.15, 0.2) is 18.2 Å². The number of amides is 1. The van der Waals surface area contributed by atoms with Gasteiger partial charge in [-0.15, -0.1) is 11.3 Å². The fourth-order valence-electron chi connectivity index (χ4n) is 1.81. The van der Waals surface area contributed by atoms with Crippen molar-refractivity contribution in [2.24, 2.45) is 0 Å². The molecular weight excluding hydrogens is 282 g/mol. The van der Waals surface area contributed by atoms with Gasteiger partial charge in [-0.2, -0.15) is 5.10 Å². The Kier molecular flexibility index (Phi) is 4.61. The molecule has 1 N–H and O–H groups in total. The highest BCUT2D eigenvalue weighted by Crippen LogP contribution is 2.22. The third-order valence-corrected chi connectivity index (χ3v) is 3.95. The molecule has 19 heavy (non-hydrogen) atoms. The van der Waals surface area contributed by atoms with E-state index in [0.717, 1.165) is 27.7 Å². The van der Waals surface area contributed by atoms with Gasteiger partial charge in [0.1, 0.15) is 5.69 Å². The van der Waals surface area contributed by atoms with E-state index in [1.807, 2.05) is 18.2 Å². The summed E-state index contributed by atoms with van der Waals surface area (Å²) in [6, 6.07) is 5.60. The molecule has 2 heterocycles. The molecule has 0 radical (unpaired) electrons. The quantitative estimate of drug-likeness (QED) is 0.920. The molecule has 0 spiro atoms. The number of rotatable bonds is 5. The van der Waals surface area contributed by atoms with Crippen molar-refractivity contribution in [3.63, 3.8) is 0 Å². The zero-order valence-electron chi connectivity index (χ0n) is 10.9. The van der Waals surface area contributed by atoms with E-state index in [1.165, 1.54) is 11.3 Å². The predicted molar refractivity (Wildman–Crippen MR) is 77.7 cm³/mol. The molecule has 0 unspecified atom stereocenters. The fourth-order valence-corrected chi connectivity index (χ4v) is 2.95. The van der Waals surface area contributed by atoms with E-state index in [-0.39, 0.29) is 5.91 Å². The van der Waals surface area contributed by atoms with Crippen molar-refractivity contribution in [2.45, 2.75) is 26.3 Å². The molecule has 0 aromatic carbocycles. The second-order valence-corrected chi connectivity index (χ2v) is 6.20. The first kappa shape index (κ1) is 14.1. The summed E-state index contributed by atoms with van der Waals surface area (Å²) in [5.41, 5.74) is 1.46. The standard InChI is InChI=1S/C13H16ClN3OS/c1-3-4-9-7-11(16-15-9)13(18)17(2)8-10-5-6-12(14)19-10/h5-7H,3-4,8H2,1-2H3,(H,15,16). The van der Waals surface area contributed by atoms with Crippen LogP contribution in [-0.2, 0) is 13.0 Å². The van der Waals surface area contributed by atoms with E-state index < -0.39 is 0 Å². The molecule has 0 atom stereocenters. The Labute approximate surface area is 121 Å². The van der Waals surface area contributed by atoms with Crippen molar-refractivity contribution >= 4 is 28.8 Å². The molecule has 2 aromatic heterocycles. The fraction of sp³-hybridized carbons (Fsp3) is 0.385. The zero-order chi connectivity index (χ0) is 13.8. The van der Waals surface area contributed by atoms with E-state index in [1.54, 1.807) is 11.9 Å². The van der Waals surface area contributed by atoms with Crippen molar-refractivity contribution < 1.29 is 4.79 Å². The first-order valence-electron chi connectivity index (χ1n) is 6.14. The minimum absolute atomic E-state index is 0.0804. The maximum Gasteiger partial charge on any atom is 0.274 e. The molecule has 0 saturated carbocycles. The molecule has 0 saturated heterocycles. The smallest absolute Gasteiger partial charge is 0.274 e. The van der Waals surface area contributed by atoms with Gasteiger partial charge in [-0.1, -0.05) is 24.9 Å². The van der Waals surface area contributed by atoms with Crippen molar-refractivity contribution in [3.8, 4) is 0 Å². The van der Waals surface area contributed by atoms with Crippen LogP contribution < -0.4 is 0 Å². The Morgan fingerprint density at radius 2 is 2.32 bits per heavy atom. The summed E-state index contributed by atoms with van der Waals surface area (Å²) in [7, 11) is 1.77. The summed E-state index contributed by atoms with van der Waals surface area (Å²) in [6.45, 7) is 2.64. The molecule has 0 bridgehead atoms. The van der Waals surface area contributed by atoms with Crippen molar-refractivity contribution in [1.29, 1.82) is 0 Å². The van der Waals surface area contributed by atoms with Gasteiger partial charge in [0, 0.05) is 17.6 Å². The number of aromatic nitrogens is 2. The Morgan fingerprint density at radius 1 is 1.53 bits per heavy atom. The molecule has 2 rings (SSSR count). The average molecular weight is 298 g/mol. The van der Waals surface area contributed by atoms with Crippen LogP contribution in [-0.4, -0.2) is 28.1 Å². The third kappa shape index (κ3) is 3.58. The number of hydrogen-bond donors (Lipinski definition) is 1. The van der Waals surface area contributed by atoms with Crippen molar-refractivity contribution in [3.05, 3.63) is 38.8 Å². The van der Waals surface area contributed by atoms with Gasteiger partial charge in [0.05, 0.1) is 10.9 Å². The van der Waals surface area contributed by atoms with E-state index in [0.29, 0.717) is 12.2 Å². The van der Waals surface area contributed by atoms with E-state index in [2.05, 4.69) is 17.1 Å². The van der Waals surface area contributed by atoms with E-state index in [9.17, 15) is 4.79 Å². The number of H-pyrrole nitrogens is 1. The topological polar surface area (TPSA) is 49.0 Å². The molecule has 4 nitrogen and oxygen atoms in total. The Hall–Kier alpha value is -1.33. The normalized spacial score (nSPS) is 10.7. The molecule has 0 aliphatic heterocycles. The number of carbonyl (C=O) groups is 1. The van der Waals surface area contributed by atoms with Gasteiger partial charge in [0.15, 0.2) is 0 Å². The number of aromatic amines is 1. The highest BCUT2D eigenvalue weighted by atomic mass is 35.5. The van der Waals surface area contributed by atoms with Crippen molar-refractivity contribution in [1.82, 2.24) is 15.1 Å². The molecule has 6 heteroatoms. The highest BCUT2D eigenvalue weighted by molar-refractivity contribution is 7.16. The third-order valence-electron chi connectivity index (χ3n) is 2.74. The molecule has 102 valence electrons. The van der Waals surface area contributed by atoms with Crippen LogP contribution in [0.2, 0.25) is 4.34 Å². The van der Waals surface area contributed by atoms with E-state index >= 15 is 0 Å². The number of carbonyl (C=O) groups excluding carboxylic acids is 1. The summed E-state index contributed by atoms with van der Waals surface area (Å²) in [5, 5.41) is 6.96. The predicted octanol–water partition coefficient (Wildman–Crippen LogP) is 3.35. The first-order chi connectivity index (χ1) is 9.10. The highest BCUT2D eigenvalue weighted by Gasteiger charge is 2.16. The lowest BCUT2D eigenvalue weighted by atomic mass is 10.2. The number of halogens is 1. The van der Waals surface area contributed by atoms with Crippen LogP contribution in [0.1, 0.15) is 34.4 Å². The lowest BCUT2D eigenvalue weighted by molar-refractivity contribution is 0.0780. The largest absolute Gasteiger partial charge is 0.335 e.